The summed E-state index contributed by atoms with van der Waals surface area (Å²) in [6.07, 6.45) is 2.06. The standard InChI is InChI=1S/C14H12FNO3S3.C2H4O2/c15-10-3-1-9(2-4-10)7-12-13(17)16(14(20)21-12)11-5-6-22(18,19)8-11;1-2(3)4/h1-4,7,11H,5-6,8H2;1H3,(H,3,4)/b12-7+;. The van der Waals surface area contributed by atoms with Gasteiger partial charge in [0.25, 0.3) is 11.9 Å². The number of nitrogens with zero attached hydrogens (tertiary/aromatic N) is 1. The molecule has 2 aliphatic heterocycles. The molecule has 1 N–H and O–H groups in total. The van der Waals surface area contributed by atoms with Gasteiger partial charge in [0.05, 0.1) is 22.5 Å². The van der Waals surface area contributed by atoms with Gasteiger partial charge in [-0.05, 0) is 30.2 Å². The summed E-state index contributed by atoms with van der Waals surface area (Å²) in [5, 5.41) is 7.42. The molecule has 26 heavy (non-hydrogen) atoms. The minimum Gasteiger partial charge on any atom is -0.481 e. The second-order valence-corrected chi connectivity index (χ2v) is 9.58. The number of halogens is 1. The number of carbonyl (C=O) groups excluding carboxylic acids is 1. The van der Waals surface area contributed by atoms with E-state index in [1.807, 2.05) is 0 Å². The molecule has 0 bridgehead atoms. The van der Waals surface area contributed by atoms with E-state index in [0.29, 0.717) is 21.2 Å². The first-order chi connectivity index (χ1) is 12.1. The molecule has 140 valence electrons. The van der Waals surface area contributed by atoms with Gasteiger partial charge in [0, 0.05) is 6.92 Å². The number of hydrogen-bond acceptors (Lipinski definition) is 6. The number of hydrogen-bond donors (Lipinski definition) is 1. The quantitative estimate of drug-likeness (QED) is 0.583. The van der Waals surface area contributed by atoms with E-state index in [1.54, 1.807) is 18.2 Å². The molecule has 2 aliphatic rings. The Morgan fingerprint density at radius 2 is 1.96 bits per heavy atom. The van der Waals surface area contributed by atoms with Crippen molar-refractivity contribution >= 4 is 56.1 Å². The van der Waals surface area contributed by atoms with Crippen LogP contribution in [0.3, 0.4) is 0 Å². The van der Waals surface area contributed by atoms with Crippen LogP contribution < -0.4 is 0 Å². The van der Waals surface area contributed by atoms with Crippen molar-refractivity contribution in [3.63, 3.8) is 0 Å². The van der Waals surface area contributed by atoms with Gasteiger partial charge >= 0.3 is 0 Å². The zero-order chi connectivity index (χ0) is 19.5. The molecule has 6 nitrogen and oxygen atoms in total. The normalized spacial score (nSPS) is 23.1. The third-order valence-corrected chi connectivity index (χ3v) is 6.65. The molecule has 3 rings (SSSR count). The van der Waals surface area contributed by atoms with Gasteiger partial charge < -0.3 is 5.11 Å². The number of sulfone groups is 1. The van der Waals surface area contributed by atoms with Crippen molar-refractivity contribution < 1.29 is 27.5 Å². The Bertz CT molecular complexity index is 860. The van der Waals surface area contributed by atoms with Gasteiger partial charge in [-0.2, -0.15) is 0 Å². The van der Waals surface area contributed by atoms with Crippen LogP contribution in [0.25, 0.3) is 6.08 Å². The predicted octanol–water partition coefficient (Wildman–Crippen LogP) is 2.30. The maximum Gasteiger partial charge on any atom is 0.300 e. The molecule has 1 amide bonds. The molecule has 0 spiro atoms. The van der Waals surface area contributed by atoms with E-state index in [0.717, 1.165) is 18.7 Å². The summed E-state index contributed by atoms with van der Waals surface area (Å²) in [6, 6.07) is 5.40. The minimum absolute atomic E-state index is 0.0384. The van der Waals surface area contributed by atoms with E-state index in [9.17, 15) is 17.6 Å². The Morgan fingerprint density at radius 3 is 2.46 bits per heavy atom. The molecule has 0 aromatic heterocycles. The summed E-state index contributed by atoms with van der Waals surface area (Å²) in [5.41, 5.74) is 0.695. The van der Waals surface area contributed by atoms with Crippen LogP contribution in [-0.4, -0.2) is 52.2 Å². The van der Waals surface area contributed by atoms with Gasteiger partial charge in [-0.15, -0.1) is 0 Å². The van der Waals surface area contributed by atoms with Gasteiger partial charge in [-0.3, -0.25) is 14.5 Å². The lowest BCUT2D eigenvalue weighted by Crippen LogP contribution is -2.39. The lowest BCUT2D eigenvalue weighted by molar-refractivity contribution is -0.134. The molecule has 0 saturated carbocycles. The highest BCUT2D eigenvalue weighted by Gasteiger charge is 2.42. The Hall–Kier alpha value is -1.78. The van der Waals surface area contributed by atoms with Gasteiger partial charge in [-0.1, -0.05) is 36.1 Å². The van der Waals surface area contributed by atoms with Gasteiger partial charge in [0.1, 0.15) is 10.1 Å². The second kappa shape index (κ2) is 8.28. The van der Waals surface area contributed by atoms with Crippen LogP contribution in [0.4, 0.5) is 4.39 Å². The predicted molar refractivity (Wildman–Crippen MR) is 102 cm³/mol. The largest absolute Gasteiger partial charge is 0.481 e. The lowest BCUT2D eigenvalue weighted by atomic mass is 10.2. The maximum absolute atomic E-state index is 12.9. The monoisotopic (exact) mass is 417 g/mol. The highest BCUT2D eigenvalue weighted by Crippen LogP contribution is 2.36. The fraction of sp³-hybridized carbons (Fsp3) is 0.312. The fourth-order valence-electron chi connectivity index (χ4n) is 2.48. The summed E-state index contributed by atoms with van der Waals surface area (Å²) in [7, 11) is -3.08. The molecular weight excluding hydrogens is 401 g/mol. The molecule has 0 aliphatic carbocycles. The third-order valence-electron chi connectivity index (χ3n) is 3.56. The number of benzene rings is 1. The molecule has 1 atom stereocenters. The highest BCUT2D eigenvalue weighted by molar-refractivity contribution is 8.26. The maximum atomic E-state index is 12.9. The Kier molecular flexibility index (Phi) is 6.53. The van der Waals surface area contributed by atoms with Crippen LogP contribution in [0.5, 0.6) is 0 Å². The first kappa shape index (κ1) is 20.5. The number of rotatable bonds is 2. The molecule has 2 heterocycles. The number of carboxylic acid groups (broad SMARTS) is 1. The van der Waals surface area contributed by atoms with Crippen molar-refractivity contribution in [3.8, 4) is 0 Å². The number of aliphatic carboxylic acids is 1. The number of amides is 1. The molecule has 2 saturated heterocycles. The number of carbonyl (C=O) groups is 2. The zero-order valence-corrected chi connectivity index (χ0v) is 16.2. The van der Waals surface area contributed by atoms with E-state index in [4.69, 9.17) is 22.1 Å². The Labute approximate surface area is 160 Å². The Morgan fingerprint density at radius 1 is 1.38 bits per heavy atom. The summed E-state index contributed by atoms with van der Waals surface area (Å²) in [6.45, 7) is 1.08. The SMILES string of the molecule is CC(=O)O.O=C1/C(=C\c2ccc(F)cc2)SC(=S)N1C1CCS(=O)(=O)C1. The minimum atomic E-state index is -3.08. The van der Waals surface area contributed by atoms with Crippen LogP contribution in [0.1, 0.15) is 18.9 Å². The van der Waals surface area contributed by atoms with Crippen LogP contribution in [0.15, 0.2) is 29.2 Å². The molecule has 1 unspecified atom stereocenters. The van der Waals surface area contributed by atoms with E-state index in [2.05, 4.69) is 0 Å². The topological polar surface area (TPSA) is 91.8 Å². The average molecular weight is 418 g/mol. The van der Waals surface area contributed by atoms with Crippen molar-refractivity contribution in [2.45, 2.75) is 19.4 Å². The molecule has 0 radical (unpaired) electrons. The zero-order valence-electron chi connectivity index (χ0n) is 13.7. The van der Waals surface area contributed by atoms with Crippen molar-refractivity contribution in [1.82, 2.24) is 4.90 Å². The summed E-state index contributed by atoms with van der Waals surface area (Å²) in [4.78, 5) is 23.3. The smallest absolute Gasteiger partial charge is 0.300 e. The van der Waals surface area contributed by atoms with Gasteiger partial charge in [0.15, 0.2) is 9.84 Å². The van der Waals surface area contributed by atoms with Crippen LogP contribution in [0.2, 0.25) is 0 Å². The van der Waals surface area contributed by atoms with Crippen molar-refractivity contribution in [1.29, 1.82) is 0 Å². The van der Waals surface area contributed by atoms with Crippen LogP contribution in [-0.2, 0) is 19.4 Å². The fourth-order valence-corrected chi connectivity index (χ4v) is 5.58. The van der Waals surface area contributed by atoms with Crippen molar-refractivity contribution in [3.05, 3.63) is 40.6 Å². The molecule has 1 aromatic rings. The van der Waals surface area contributed by atoms with E-state index in [1.165, 1.54) is 17.0 Å². The van der Waals surface area contributed by atoms with Crippen LogP contribution >= 0.6 is 24.0 Å². The van der Waals surface area contributed by atoms with Crippen molar-refractivity contribution in [2.24, 2.45) is 0 Å². The van der Waals surface area contributed by atoms with E-state index in [-0.39, 0.29) is 29.3 Å². The third kappa shape index (κ3) is 5.36. The highest BCUT2D eigenvalue weighted by atomic mass is 32.2. The Balaban J connectivity index is 0.000000552. The van der Waals surface area contributed by atoms with Crippen molar-refractivity contribution in [2.75, 3.05) is 11.5 Å². The molecular formula is C16H16FNO5S3. The van der Waals surface area contributed by atoms with Crippen LogP contribution in [0, 0.1) is 5.82 Å². The summed E-state index contributed by atoms with van der Waals surface area (Å²) in [5.74, 6) is -1.41. The molecule has 10 heteroatoms. The lowest BCUT2D eigenvalue weighted by Gasteiger charge is -2.20. The second-order valence-electron chi connectivity index (χ2n) is 5.68. The summed E-state index contributed by atoms with van der Waals surface area (Å²) >= 11 is 6.36. The molecule has 1 aromatic carbocycles. The number of carboxylic acids is 1. The van der Waals surface area contributed by atoms with E-state index < -0.39 is 15.8 Å². The first-order valence-corrected chi connectivity index (χ1v) is 10.6. The number of thiocarbonyl (C=S) groups is 1. The van der Waals surface area contributed by atoms with E-state index >= 15 is 0 Å². The summed E-state index contributed by atoms with van der Waals surface area (Å²) < 4.78 is 36.4. The number of thioether (sulfide) groups is 1. The van der Waals surface area contributed by atoms with Gasteiger partial charge in [-0.25, -0.2) is 12.8 Å². The average Bonchev–Trinajstić information content (AvgIpc) is 3.00. The van der Waals surface area contributed by atoms with Gasteiger partial charge in [0.2, 0.25) is 0 Å². The molecule has 2 fully saturated rings. The first-order valence-electron chi connectivity index (χ1n) is 7.51.